The highest BCUT2D eigenvalue weighted by Crippen LogP contribution is 2.25. The third-order valence-electron chi connectivity index (χ3n) is 6.53. The smallest absolute Gasteiger partial charge is 0.319 e. The molecule has 3 amide bonds. The molecular weight excluding hydrogens is 446 g/mol. The SMILES string of the molecule is C[C@H]1COCCN1c1cc(C(=O)N2CCCNCC2)nc(-c2ccc(NC(=O)NC3CC3)cc2)n1. The lowest BCUT2D eigenvalue weighted by Gasteiger charge is -2.34. The number of hydrogen-bond donors (Lipinski definition) is 3. The molecule has 35 heavy (non-hydrogen) atoms. The van der Waals surface area contributed by atoms with Crippen molar-refractivity contribution in [2.24, 2.45) is 0 Å². The van der Waals surface area contributed by atoms with Gasteiger partial charge < -0.3 is 30.5 Å². The maximum atomic E-state index is 13.4. The summed E-state index contributed by atoms with van der Waals surface area (Å²) in [6.45, 7) is 7.09. The maximum absolute atomic E-state index is 13.4. The summed E-state index contributed by atoms with van der Waals surface area (Å²) >= 11 is 0. The maximum Gasteiger partial charge on any atom is 0.319 e. The van der Waals surface area contributed by atoms with Crippen LogP contribution in [0.3, 0.4) is 0 Å². The summed E-state index contributed by atoms with van der Waals surface area (Å²) in [7, 11) is 0. The van der Waals surface area contributed by atoms with Gasteiger partial charge in [-0.3, -0.25) is 4.79 Å². The molecule has 3 heterocycles. The van der Waals surface area contributed by atoms with E-state index in [1.165, 1.54) is 0 Å². The number of nitrogens with one attached hydrogen (secondary N) is 3. The highest BCUT2D eigenvalue weighted by Gasteiger charge is 2.26. The molecule has 10 nitrogen and oxygen atoms in total. The van der Waals surface area contributed by atoms with E-state index >= 15 is 0 Å². The van der Waals surface area contributed by atoms with E-state index in [0.717, 1.165) is 43.7 Å². The molecule has 2 saturated heterocycles. The Balaban J connectivity index is 1.42. The first-order chi connectivity index (χ1) is 17.1. The first kappa shape index (κ1) is 23.5. The summed E-state index contributed by atoms with van der Waals surface area (Å²) in [5.41, 5.74) is 1.88. The summed E-state index contributed by atoms with van der Waals surface area (Å²) in [6.07, 6.45) is 2.99. The Bertz CT molecular complexity index is 1050. The molecular formula is C25H33N7O3. The summed E-state index contributed by atoms with van der Waals surface area (Å²) in [4.78, 5) is 39.0. The fourth-order valence-electron chi connectivity index (χ4n) is 4.38. The van der Waals surface area contributed by atoms with Crippen molar-refractivity contribution in [1.82, 2.24) is 25.5 Å². The number of rotatable bonds is 5. The Labute approximate surface area is 205 Å². The molecule has 186 valence electrons. The van der Waals surface area contributed by atoms with Crippen LogP contribution in [0.4, 0.5) is 16.3 Å². The van der Waals surface area contributed by atoms with E-state index in [9.17, 15) is 9.59 Å². The van der Waals surface area contributed by atoms with Crippen molar-refractivity contribution in [2.45, 2.75) is 38.3 Å². The number of morpholine rings is 1. The van der Waals surface area contributed by atoms with E-state index in [-0.39, 0.29) is 18.0 Å². The van der Waals surface area contributed by atoms with Crippen molar-refractivity contribution in [1.29, 1.82) is 0 Å². The molecule has 3 aliphatic rings. The minimum Gasteiger partial charge on any atom is -0.377 e. The average molecular weight is 480 g/mol. The normalized spacial score (nSPS) is 20.8. The van der Waals surface area contributed by atoms with Gasteiger partial charge in [0.1, 0.15) is 11.5 Å². The van der Waals surface area contributed by atoms with E-state index in [2.05, 4.69) is 32.8 Å². The number of hydrogen-bond acceptors (Lipinski definition) is 7. The van der Waals surface area contributed by atoms with Gasteiger partial charge in [-0.15, -0.1) is 0 Å². The first-order valence-electron chi connectivity index (χ1n) is 12.5. The summed E-state index contributed by atoms with van der Waals surface area (Å²) in [5.74, 6) is 1.15. The Kier molecular flexibility index (Phi) is 7.10. The fourth-order valence-corrected chi connectivity index (χ4v) is 4.38. The monoisotopic (exact) mass is 479 g/mol. The van der Waals surface area contributed by atoms with Gasteiger partial charge in [-0.2, -0.15) is 0 Å². The molecule has 1 atom stereocenters. The van der Waals surface area contributed by atoms with Crippen molar-refractivity contribution >= 4 is 23.4 Å². The van der Waals surface area contributed by atoms with Crippen molar-refractivity contribution in [2.75, 3.05) is 56.2 Å². The number of urea groups is 1. The zero-order valence-corrected chi connectivity index (χ0v) is 20.1. The van der Waals surface area contributed by atoms with E-state index in [0.29, 0.717) is 56.1 Å². The molecule has 0 unspecified atom stereocenters. The van der Waals surface area contributed by atoms with Gasteiger partial charge in [-0.05, 0) is 57.0 Å². The van der Waals surface area contributed by atoms with E-state index < -0.39 is 0 Å². The van der Waals surface area contributed by atoms with Gasteiger partial charge in [0.15, 0.2) is 5.82 Å². The second kappa shape index (κ2) is 10.6. The predicted molar refractivity (Wildman–Crippen MR) is 134 cm³/mol. The topological polar surface area (TPSA) is 112 Å². The molecule has 3 fully saturated rings. The van der Waals surface area contributed by atoms with Crippen LogP contribution in [0.1, 0.15) is 36.7 Å². The lowest BCUT2D eigenvalue weighted by Crippen LogP contribution is -2.44. The molecule has 3 N–H and O–H groups in total. The Hall–Kier alpha value is -3.24. The molecule has 5 rings (SSSR count). The van der Waals surface area contributed by atoms with E-state index in [1.807, 2.05) is 35.2 Å². The molecule has 1 aromatic carbocycles. The molecule has 1 saturated carbocycles. The Morgan fingerprint density at radius 1 is 1.09 bits per heavy atom. The van der Waals surface area contributed by atoms with Crippen molar-refractivity contribution in [3.8, 4) is 11.4 Å². The van der Waals surface area contributed by atoms with Crippen LogP contribution in [-0.4, -0.2) is 84.8 Å². The van der Waals surface area contributed by atoms with Crippen molar-refractivity contribution in [3.63, 3.8) is 0 Å². The molecule has 2 aliphatic heterocycles. The van der Waals surface area contributed by atoms with Gasteiger partial charge in [0.25, 0.3) is 5.91 Å². The minimum absolute atomic E-state index is 0.0745. The molecule has 0 bridgehead atoms. The minimum atomic E-state index is -0.195. The number of nitrogens with zero attached hydrogens (tertiary/aromatic N) is 4. The van der Waals surface area contributed by atoms with Crippen LogP contribution in [0.5, 0.6) is 0 Å². The summed E-state index contributed by atoms with van der Waals surface area (Å²) in [5, 5.41) is 9.11. The zero-order valence-electron chi connectivity index (χ0n) is 20.1. The van der Waals surface area contributed by atoms with Crippen LogP contribution in [0.2, 0.25) is 0 Å². The summed E-state index contributed by atoms with van der Waals surface area (Å²) in [6, 6.07) is 9.47. The highest BCUT2D eigenvalue weighted by atomic mass is 16.5. The quantitative estimate of drug-likeness (QED) is 0.602. The van der Waals surface area contributed by atoms with Gasteiger partial charge in [0.2, 0.25) is 0 Å². The largest absolute Gasteiger partial charge is 0.377 e. The zero-order chi connectivity index (χ0) is 24.2. The van der Waals surface area contributed by atoms with Crippen LogP contribution >= 0.6 is 0 Å². The Morgan fingerprint density at radius 2 is 1.91 bits per heavy atom. The van der Waals surface area contributed by atoms with Gasteiger partial charge in [0.05, 0.1) is 19.3 Å². The number of benzene rings is 1. The standard InChI is InChI=1S/C25H33N7O3/c1-17-16-35-14-13-32(17)22-15-21(24(33)31-11-2-9-26-10-12-31)29-23(30-22)18-3-5-19(6-4-18)27-25(34)28-20-7-8-20/h3-6,15,17,20,26H,2,7-14,16H2,1H3,(H2,27,28,34)/t17-/m0/s1. The molecule has 10 heteroatoms. The van der Waals surface area contributed by atoms with Crippen LogP contribution in [0.15, 0.2) is 30.3 Å². The predicted octanol–water partition coefficient (Wildman–Crippen LogP) is 2.09. The van der Waals surface area contributed by atoms with E-state index in [1.54, 1.807) is 0 Å². The van der Waals surface area contributed by atoms with Gasteiger partial charge in [-0.1, -0.05) is 0 Å². The second-order valence-corrected chi connectivity index (χ2v) is 9.40. The highest BCUT2D eigenvalue weighted by molar-refractivity contribution is 5.94. The number of carbonyl (C=O) groups is 2. The van der Waals surface area contributed by atoms with Crippen LogP contribution in [-0.2, 0) is 4.74 Å². The number of aromatic nitrogens is 2. The number of amides is 3. The molecule has 0 radical (unpaired) electrons. The first-order valence-corrected chi connectivity index (χ1v) is 12.5. The molecule has 2 aromatic rings. The van der Waals surface area contributed by atoms with Gasteiger partial charge >= 0.3 is 6.03 Å². The van der Waals surface area contributed by atoms with Crippen LogP contribution < -0.4 is 20.9 Å². The van der Waals surface area contributed by atoms with Crippen LogP contribution in [0, 0.1) is 0 Å². The number of anilines is 2. The third kappa shape index (κ3) is 5.88. The lowest BCUT2D eigenvalue weighted by molar-refractivity contribution is 0.0760. The number of ether oxygens (including phenoxy) is 1. The van der Waals surface area contributed by atoms with E-state index in [4.69, 9.17) is 9.72 Å². The van der Waals surface area contributed by atoms with Gasteiger partial charge in [-0.25, -0.2) is 14.8 Å². The lowest BCUT2D eigenvalue weighted by atomic mass is 10.1. The van der Waals surface area contributed by atoms with Gasteiger partial charge in [0, 0.05) is 49.5 Å². The average Bonchev–Trinajstić information content (AvgIpc) is 3.71. The van der Waals surface area contributed by atoms with Crippen molar-refractivity contribution in [3.05, 3.63) is 36.0 Å². The fraction of sp³-hybridized carbons (Fsp3) is 0.520. The Morgan fingerprint density at radius 3 is 2.69 bits per heavy atom. The molecule has 1 aliphatic carbocycles. The van der Waals surface area contributed by atoms with Crippen LogP contribution in [0.25, 0.3) is 11.4 Å². The van der Waals surface area contributed by atoms with Crippen molar-refractivity contribution < 1.29 is 14.3 Å². The third-order valence-corrected chi connectivity index (χ3v) is 6.53. The summed E-state index contributed by atoms with van der Waals surface area (Å²) < 4.78 is 5.60. The second-order valence-electron chi connectivity index (χ2n) is 9.40. The molecule has 0 spiro atoms. The molecule has 1 aromatic heterocycles. The number of carbonyl (C=O) groups excluding carboxylic acids is 2.